The zero-order valence-electron chi connectivity index (χ0n) is 15.7. The van der Waals surface area contributed by atoms with Crippen molar-refractivity contribution >= 4 is 11.9 Å². The lowest BCUT2D eigenvalue weighted by Gasteiger charge is -2.06. The van der Waals surface area contributed by atoms with E-state index < -0.39 is 0 Å². The summed E-state index contributed by atoms with van der Waals surface area (Å²) in [6.45, 7) is 5.24. The maximum atomic E-state index is 5.79. The number of benzene rings is 2. The smallest absolute Gasteiger partial charge is 0.119 e. The van der Waals surface area contributed by atoms with Crippen molar-refractivity contribution in [3.8, 4) is 5.75 Å². The summed E-state index contributed by atoms with van der Waals surface area (Å²) in [7, 11) is 0. The summed E-state index contributed by atoms with van der Waals surface area (Å²) in [4.78, 5) is 4.54. The van der Waals surface area contributed by atoms with Crippen molar-refractivity contribution in [3.05, 3.63) is 59.7 Å². The van der Waals surface area contributed by atoms with Gasteiger partial charge in [-0.2, -0.15) is 0 Å². The van der Waals surface area contributed by atoms with Crippen molar-refractivity contribution in [1.29, 1.82) is 0 Å². The van der Waals surface area contributed by atoms with Gasteiger partial charge in [-0.1, -0.05) is 70.2 Å². The Hall–Kier alpha value is -2.09. The van der Waals surface area contributed by atoms with E-state index in [9.17, 15) is 0 Å². The van der Waals surface area contributed by atoms with Gasteiger partial charge in [0.1, 0.15) is 5.75 Å². The van der Waals surface area contributed by atoms with E-state index in [1.807, 2.05) is 30.5 Å². The molecule has 2 heteroatoms. The zero-order chi connectivity index (χ0) is 17.7. The van der Waals surface area contributed by atoms with Crippen LogP contribution in [-0.4, -0.2) is 12.8 Å². The molecule has 0 fully saturated rings. The highest BCUT2D eigenvalue weighted by Crippen LogP contribution is 2.18. The molecule has 0 unspecified atom stereocenters. The predicted molar refractivity (Wildman–Crippen MR) is 108 cm³/mol. The topological polar surface area (TPSA) is 21.6 Å². The van der Waals surface area contributed by atoms with Crippen molar-refractivity contribution in [2.24, 2.45) is 4.99 Å². The molecule has 0 amide bonds. The first kappa shape index (κ1) is 19.2. The molecule has 0 aromatic heterocycles. The SMILES string of the molecule is CCCCCCCOc1ccc(N=Cc2ccc(CCC)cc2)cc1. The standard InChI is InChI=1S/C23H31NO/c1-3-5-6-7-8-18-25-23-16-14-22(15-17-23)24-19-21-12-10-20(9-4-2)11-13-21/h10-17,19H,3-9,18H2,1-2H3. The largest absolute Gasteiger partial charge is 0.494 e. The van der Waals surface area contributed by atoms with E-state index in [-0.39, 0.29) is 0 Å². The van der Waals surface area contributed by atoms with Crippen LogP contribution in [0.15, 0.2) is 53.5 Å². The number of aliphatic imine (C=N–C) groups is 1. The lowest BCUT2D eigenvalue weighted by molar-refractivity contribution is 0.304. The summed E-state index contributed by atoms with van der Waals surface area (Å²) in [5.41, 5.74) is 3.47. The first-order valence-electron chi connectivity index (χ1n) is 9.67. The molecule has 0 aliphatic heterocycles. The lowest BCUT2D eigenvalue weighted by atomic mass is 10.1. The highest BCUT2D eigenvalue weighted by atomic mass is 16.5. The van der Waals surface area contributed by atoms with E-state index in [1.54, 1.807) is 0 Å². The fourth-order valence-corrected chi connectivity index (χ4v) is 2.73. The number of nitrogens with zero attached hydrogens (tertiary/aromatic N) is 1. The molecule has 2 rings (SSSR count). The number of ether oxygens (including phenoxy) is 1. The third-order valence-electron chi connectivity index (χ3n) is 4.23. The van der Waals surface area contributed by atoms with Gasteiger partial charge in [-0.25, -0.2) is 0 Å². The van der Waals surface area contributed by atoms with E-state index >= 15 is 0 Å². The summed E-state index contributed by atoms with van der Waals surface area (Å²) in [5.74, 6) is 0.929. The average Bonchev–Trinajstić information content (AvgIpc) is 2.65. The number of hydrogen-bond donors (Lipinski definition) is 0. The Kier molecular flexibility index (Phi) is 8.82. The first-order chi connectivity index (χ1) is 12.3. The van der Waals surface area contributed by atoms with Crippen LogP contribution in [-0.2, 0) is 6.42 Å². The van der Waals surface area contributed by atoms with Crippen molar-refractivity contribution in [2.45, 2.75) is 58.8 Å². The molecule has 134 valence electrons. The minimum Gasteiger partial charge on any atom is -0.494 e. The van der Waals surface area contributed by atoms with Crippen LogP contribution in [0.1, 0.15) is 63.5 Å². The second-order valence-electron chi connectivity index (χ2n) is 6.51. The summed E-state index contributed by atoms with van der Waals surface area (Å²) in [6.07, 6.45) is 10.5. The molecule has 0 heterocycles. The Morgan fingerprint density at radius 3 is 2.20 bits per heavy atom. The van der Waals surface area contributed by atoms with E-state index in [0.717, 1.165) is 36.4 Å². The van der Waals surface area contributed by atoms with Crippen LogP contribution >= 0.6 is 0 Å². The third-order valence-corrected chi connectivity index (χ3v) is 4.23. The number of rotatable bonds is 11. The lowest BCUT2D eigenvalue weighted by Crippen LogP contribution is -1.96. The summed E-state index contributed by atoms with van der Waals surface area (Å²) in [5, 5.41) is 0. The molecule has 2 nitrogen and oxygen atoms in total. The maximum Gasteiger partial charge on any atom is 0.119 e. The molecule has 0 saturated heterocycles. The number of hydrogen-bond acceptors (Lipinski definition) is 2. The monoisotopic (exact) mass is 337 g/mol. The Bertz CT molecular complexity index is 614. The third kappa shape index (κ3) is 7.55. The van der Waals surface area contributed by atoms with Gasteiger partial charge in [-0.05, 0) is 48.2 Å². The molecule has 0 bridgehead atoms. The van der Waals surface area contributed by atoms with Crippen LogP contribution in [0.25, 0.3) is 0 Å². The molecular formula is C23H31NO. The molecule has 0 spiro atoms. The van der Waals surface area contributed by atoms with E-state index in [2.05, 4.69) is 43.1 Å². The number of aryl methyl sites for hydroxylation is 1. The second-order valence-corrected chi connectivity index (χ2v) is 6.51. The molecule has 2 aromatic carbocycles. The van der Waals surface area contributed by atoms with Gasteiger partial charge in [0.15, 0.2) is 0 Å². The molecule has 0 saturated carbocycles. The van der Waals surface area contributed by atoms with Crippen LogP contribution in [0.5, 0.6) is 5.75 Å². The van der Waals surface area contributed by atoms with Crippen LogP contribution in [0.2, 0.25) is 0 Å². The van der Waals surface area contributed by atoms with E-state index in [4.69, 9.17) is 4.74 Å². The van der Waals surface area contributed by atoms with Crippen LogP contribution in [0.3, 0.4) is 0 Å². The van der Waals surface area contributed by atoms with Gasteiger partial charge in [0.05, 0.1) is 12.3 Å². The molecule has 0 N–H and O–H groups in total. The van der Waals surface area contributed by atoms with Crippen LogP contribution < -0.4 is 4.74 Å². The van der Waals surface area contributed by atoms with Crippen LogP contribution in [0.4, 0.5) is 5.69 Å². The Balaban J connectivity index is 1.77. The predicted octanol–water partition coefficient (Wildman–Crippen LogP) is 6.74. The zero-order valence-corrected chi connectivity index (χ0v) is 15.7. The first-order valence-corrected chi connectivity index (χ1v) is 9.67. The minimum atomic E-state index is 0.802. The Morgan fingerprint density at radius 2 is 1.52 bits per heavy atom. The van der Waals surface area contributed by atoms with Crippen molar-refractivity contribution in [1.82, 2.24) is 0 Å². The fraction of sp³-hybridized carbons (Fsp3) is 0.435. The van der Waals surface area contributed by atoms with Crippen molar-refractivity contribution < 1.29 is 4.74 Å². The molecular weight excluding hydrogens is 306 g/mol. The van der Waals surface area contributed by atoms with Gasteiger partial charge in [0.25, 0.3) is 0 Å². The fourth-order valence-electron chi connectivity index (χ4n) is 2.73. The van der Waals surface area contributed by atoms with Gasteiger partial charge < -0.3 is 4.74 Å². The normalized spacial score (nSPS) is 11.1. The highest BCUT2D eigenvalue weighted by molar-refractivity contribution is 5.81. The summed E-state index contributed by atoms with van der Waals surface area (Å²) in [6, 6.07) is 16.6. The van der Waals surface area contributed by atoms with Gasteiger partial charge in [0.2, 0.25) is 0 Å². The van der Waals surface area contributed by atoms with Gasteiger partial charge >= 0.3 is 0 Å². The van der Waals surface area contributed by atoms with Crippen LogP contribution in [0, 0.1) is 0 Å². The molecule has 0 radical (unpaired) electrons. The summed E-state index contributed by atoms with van der Waals surface area (Å²) >= 11 is 0. The molecule has 0 atom stereocenters. The average molecular weight is 338 g/mol. The minimum absolute atomic E-state index is 0.802. The molecule has 2 aromatic rings. The quantitative estimate of drug-likeness (QED) is 0.329. The number of unbranched alkanes of at least 4 members (excludes halogenated alkanes) is 4. The Labute approximate surface area is 153 Å². The molecule has 25 heavy (non-hydrogen) atoms. The summed E-state index contributed by atoms with van der Waals surface area (Å²) < 4.78 is 5.79. The van der Waals surface area contributed by atoms with Gasteiger partial charge in [-0.3, -0.25) is 4.99 Å². The van der Waals surface area contributed by atoms with Gasteiger partial charge in [0, 0.05) is 6.21 Å². The van der Waals surface area contributed by atoms with Gasteiger partial charge in [-0.15, -0.1) is 0 Å². The van der Waals surface area contributed by atoms with Crippen molar-refractivity contribution in [2.75, 3.05) is 6.61 Å². The molecule has 0 aliphatic rings. The van der Waals surface area contributed by atoms with E-state index in [0.29, 0.717) is 0 Å². The van der Waals surface area contributed by atoms with E-state index in [1.165, 1.54) is 37.7 Å². The maximum absolute atomic E-state index is 5.79. The van der Waals surface area contributed by atoms with Crippen molar-refractivity contribution in [3.63, 3.8) is 0 Å². The highest BCUT2D eigenvalue weighted by Gasteiger charge is 1.96. The molecule has 0 aliphatic carbocycles. The Morgan fingerprint density at radius 1 is 0.800 bits per heavy atom. The second kappa shape index (κ2) is 11.5.